The second-order valence-electron chi connectivity index (χ2n) is 3.36. The van der Waals surface area contributed by atoms with Crippen molar-refractivity contribution >= 4 is 0 Å². The number of aromatic nitrogens is 4. The first-order valence-electron chi connectivity index (χ1n) is 4.77. The van der Waals surface area contributed by atoms with Gasteiger partial charge < -0.3 is 5.32 Å². The van der Waals surface area contributed by atoms with Crippen molar-refractivity contribution in [2.45, 2.75) is 13.5 Å². The molecule has 0 aromatic carbocycles. The second kappa shape index (κ2) is 4.18. The maximum absolute atomic E-state index is 4.42. The number of nitrogens with one attached hydrogen (secondary N) is 1. The highest BCUT2D eigenvalue weighted by molar-refractivity contribution is 5.20. The van der Waals surface area contributed by atoms with Gasteiger partial charge >= 0.3 is 0 Å². The molecule has 0 amide bonds. The maximum Gasteiger partial charge on any atom is 0.172 e. The van der Waals surface area contributed by atoms with Gasteiger partial charge in [0.25, 0.3) is 0 Å². The number of hydrogen-bond acceptors (Lipinski definition) is 4. The molecule has 0 aliphatic rings. The van der Waals surface area contributed by atoms with Crippen LogP contribution in [-0.2, 0) is 6.54 Å². The highest BCUT2D eigenvalue weighted by Gasteiger charge is 2.01. The van der Waals surface area contributed by atoms with Gasteiger partial charge in [-0.1, -0.05) is 0 Å². The van der Waals surface area contributed by atoms with Gasteiger partial charge in [-0.2, -0.15) is 5.10 Å². The van der Waals surface area contributed by atoms with Crippen LogP contribution in [0.1, 0.15) is 11.3 Å². The molecule has 0 saturated carbocycles. The van der Waals surface area contributed by atoms with Gasteiger partial charge in [0, 0.05) is 18.9 Å². The van der Waals surface area contributed by atoms with Crippen molar-refractivity contribution in [3.05, 3.63) is 36.0 Å². The molecule has 0 spiro atoms. The molecular weight excluding hydrogens is 190 g/mol. The van der Waals surface area contributed by atoms with E-state index in [1.165, 1.54) is 0 Å². The predicted molar refractivity (Wildman–Crippen MR) is 56.7 cm³/mol. The van der Waals surface area contributed by atoms with Gasteiger partial charge in [0.15, 0.2) is 5.82 Å². The predicted octanol–water partition coefficient (Wildman–Crippen LogP) is 0.690. The standard InChI is InChI=1S/C10H13N5/c1-8-3-13-15(7-8)10-6-12-5-9(14-10)4-11-2/h3,5-7,11H,4H2,1-2H3. The zero-order chi connectivity index (χ0) is 10.7. The lowest BCUT2D eigenvalue weighted by molar-refractivity contribution is 0.760. The van der Waals surface area contributed by atoms with Gasteiger partial charge in [0.05, 0.1) is 18.1 Å². The molecule has 2 aromatic heterocycles. The van der Waals surface area contributed by atoms with E-state index in [9.17, 15) is 0 Å². The van der Waals surface area contributed by atoms with Crippen LogP contribution in [0.5, 0.6) is 0 Å². The van der Waals surface area contributed by atoms with Crippen LogP contribution in [0.25, 0.3) is 5.82 Å². The number of aryl methyl sites for hydroxylation is 1. The number of hydrogen-bond donors (Lipinski definition) is 1. The summed E-state index contributed by atoms with van der Waals surface area (Å²) in [5.41, 5.74) is 2.01. The van der Waals surface area contributed by atoms with Crippen LogP contribution in [0, 0.1) is 6.92 Å². The Morgan fingerprint density at radius 2 is 2.20 bits per heavy atom. The summed E-state index contributed by atoms with van der Waals surface area (Å²) in [6.07, 6.45) is 7.17. The van der Waals surface area contributed by atoms with Crippen molar-refractivity contribution in [3.63, 3.8) is 0 Å². The second-order valence-corrected chi connectivity index (χ2v) is 3.36. The Kier molecular flexibility index (Phi) is 2.73. The van der Waals surface area contributed by atoms with Crippen molar-refractivity contribution in [2.75, 3.05) is 7.05 Å². The van der Waals surface area contributed by atoms with E-state index in [1.54, 1.807) is 23.3 Å². The summed E-state index contributed by atoms with van der Waals surface area (Å²) in [5.74, 6) is 0.746. The summed E-state index contributed by atoms with van der Waals surface area (Å²) in [5, 5.41) is 7.22. The summed E-state index contributed by atoms with van der Waals surface area (Å²) >= 11 is 0. The quantitative estimate of drug-likeness (QED) is 0.797. The van der Waals surface area contributed by atoms with Crippen LogP contribution in [0.15, 0.2) is 24.8 Å². The van der Waals surface area contributed by atoms with Crippen LogP contribution >= 0.6 is 0 Å². The van der Waals surface area contributed by atoms with E-state index in [0.29, 0.717) is 6.54 Å². The first-order chi connectivity index (χ1) is 7.29. The average molecular weight is 203 g/mol. The molecule has 2 aromatic rings. The molecule has 0 atom stereocenters. The molecule has 0 bridgehead atoms. The number of rotatable bonds is 3. The fourth-order valence-corrected chi connectivity index (χ4v) is 1.31. The molecule has 0 unspecified atom stereocenters. The van der Waals surface area contributed by atoms with Gasteiger partial charge in [0.1, 0.15) is 0 Å². The first-order valence-corrected chi connectivity index (χ1v) is 4.77. The third kappa shape index (κ3) is 2.19. The van der Waals surface area contributed by atoms with Crippen LogP contribution in [0.2, 0.25) is 0 Å². The first kappa shape index (κ1) is 9.79. The van der Waals surface area contributed by atoms with E-state index < -0.39 is 0 Å². The minimum Gasteiger partial charge on any atom is -0.314 e. The van der Waals surface area contributed by atoms with Crippen LogP contribution in [-0.4, -0.2) is 26.8 Å². The minimum atomic E-state index is 0.709. The lowest BCUT2D eigenvalue weighted by atomic mass is 10.4. The van der Waals surface area contributed by atoms with E-state index >= 15 is 0 Å². The fourth-order valence-electron chi connectivity index (χ4n) is 1.31. The molecule has 0 saturated heterocycles. The molecule has 5 heteroatoms. The molecule has 2 rings (SSSR count). The summed E-state index contributed by atoms with van der Waals surface area (Å²) in [7, 11) is 1.88. The average Bonchev–Trinajstić information content (AvgIpc) is 2.66. The number of nitrogens with zero attached hydrogens (tertiary/aromatic N) is 4. The van der Waals surface area contributed by atoms with Crippen LogP contribution in [0.3, 0.4) is 0 Å². The Bertz CT molecular complexity index is 449. The van der Waals surface area contributed by atoms with Crippen molar-refractivity contribution in [1.82, 2.24) is 25.1 Å². The molecule has 1 N–H and O–H groups in total. The van der Waals surface area contributed by atoms with Gasteiger partial charge in [-0.3, -0.25) is 4.98 Å². The zero-order valence-electron chi connectivity index (χ0n) is 8.81. The van der Waals surface area contributed by atoms with E-state index in [-0.39, 0.29) is 0 Å². The smallest absolute Gasteiger partial charge is 0.172 e. The van der Waals surface area contributed by atoms with Gasteiger partial charge in [0.2, 0.25) is 0 Å². The van der Waals surface area contributed by atoms with E-state index in [4.69, 9.17) is 0 Å². The summed E-state index contributed by atoms with van der Waals surface area (Å²) in [4.78, 5) is 8.55. The van der Waals surface area contributed by atoms with Gasteiger partial charge in [-0.05, 0) is 19.5 Å². The molecule has 2 heterocycles. The van der Waals surface area contributed by atoms with E-state index in [2.05, 4.69) is 20.4 Å². The third-order valence-electron chi connectivity index (χ3n) is 1.98. The monoisotopic (exact) mass is 203 g/mol. The molecule has 15 heavy (non-hydrogen) atoms. The molecule has 0 fully saturated rings. The van der Waals surface area contributed by atoms with Gasteiger partial charge in [-0.15, -0.1) is 0 Å². The normalized spacial score (nSPS) is 10.5. The Balaban J connectivity index is 2.32. The van der Waals surface area contributed by atoms with Crippen LogP contribution < -0.4 is 5.32 Å². The van der Waals surface area contributed by atoms with E-state index in [0.717, 1.165) is 17.1 Å². The summed E-state index contributed by atoms with van der Waals surface area (Å²) in [6, 6.07) is 0. The molecular formula is C10H13N5. The minimum absolute atomic E-state index is 0.709. The highest BCUT2D eigenvalue weighted by atomic mass is 15.3. The molecule has 0 radical (unpaired) electrons. The summed E-state index contributed by atoms with van der Waals surface area (Å²) in [6.45, 7) is 2.70. The summed E-state index contributed by atoms with van der Waals surface area (Å²) < 4.78 is 1.72. The van der Waals surface area contributed by atoms with Crippen LogP contribution in [0.4, 0.5) is 0 Å². The lowest BCUT2D eigenvalue weighted by Crippen LogP contribution is -2.09. The molecule has 0 aliphatic heterocycles. The highest BCUT2D eigenvalue weighted by Crippen LogP contribution is 2.04. The molecule has 78 valence electrons. The zero-order valence-corrected chi connectivity index (χ0v) is 8.81. The topological polar surface area (TPSA) is 55.6 Å². The fraction of sp³-hybridized carbons (Fsp3) is 0.300. The largest absolute Gasteiger partial charge is 0.314 e. The molecule has 5 nitrogen and oxygen atoms in total. The Morgan fingerprint density at radius 1 is 1.33 bits per heavy atom. The Morgan fingerprint density at radius 3 is 2.87 bits per heavy atom. The Hall–Kier alpha value is -1.75. The SMILES string of the molecule is CNCc1cncc(-n2cc(C)cn2)n1. The van der Waals surface area contributed by atoms with Crippen molar-refractivity contribution < 1.29 is 0 Å². The maximum atomic E-state index is 4.42. The Labute approximate surface area is 88.2 Å². The van der Waals surface area contributed by atoms with Crippen molar-refractivity contribution in [2.24, 2.45) is 0 Å². The van der Waals surface area contributed by atoms with Gasteiger partial charge in [-0.25, -0.2) is 9.67 Å². The van der Waals surface area contributed by atoms with Crippen molar-refractivity contribution in [1.29, 1.82) is 0 Å². The van der Waals surface area contributed by atoms with E-state index in [1.807, 2.05) is 20.2 Å². The molecule has 0 aliphatic carbocycles. The third-order valence-corrected chi connectivity index (χ3v) is 1.98. The van der Waals surface area contributed by atoms with Crippen molar-refractivity contribution in [3.8, 4) is 5.82 Å². The lowest BCUT2D eigenvalue weighted by Gasteiger charge is -2.02.